The second-order valence-corrected chi connectivity index (χ2v) is 12.3. The van der Waals surface area contributed by atoms with Crippen molar-refractivity contribution >= 4 is 43.5 Å². The van der Waals surface area contributed by atoms with Crippen molar-refractivity contribution < 1.29 is 22.7 Å². The van der Waals surface area contributed by atoms with E-state index in [1.54, 1.807) is 68.6 Å². The minimum absolute atomic E-state index is 0.0637. The van der Waals surface area contributed by atoms with Gasteiger partial charge in [-0.3, -0.25) is 13.9 Å². The molecule has 0 radical (unpaired) electrons. The molecular weight excluding hydrogens is 582 g/mol. The summed E-state index contributed by atoms with van der Waals surface area (Å²) in [6.45, 7) is 6.76. The Morgan fingerprint density at radius 3 is 2.21 bits per heavy atom. The molecule has 39 heavy (non-hydrogen) atoms. The third-order valence-electron chi connectivity index (χ3n) is 6.09. The van der Waals surface area contributed by atoms with Crippen LogP contribution in [0.3, 0.4) is 0 Å². The van der Waals surface area contributed by atoms with Crippen LogP contribution in [0, 0.1) is 6.92 Å². The third-order valence-corrected chi connectivity index (χ3v) is 8.40. The van der Waals surface area contributed by atoms with Crippen molar-refractivity contribution in [1.29, 1.82) is 0 Å². The molecule has 0 fully saturated rings. The molecule has 208 valence electrons. The zero-order valence-corrected chi connectivity index (χ0v) is 25.1. The van der Waals surface area contributed by atoms with E-state index in [0.717, 1.165) is 19.9 Å². The van der Waals surface area contributed by atoms with E-state index in [2.05, 4.69) is 21.2 Å². The van der Waals surface area contributed by atoms with Gasteiger partial charge in [0.15, 0.2) is 0 Å². The summed E-state index contributed by atoms with van der Waals surface area (Å²) in [5.41, 5.74) is 1.98. The molecule has 0 aliphatic heterocycles. The molecule has 1 unspecified atom stereocenters. The van der Waals surface area contributed by atoms with E-state index in [0.29, 0.717) is 11.4 Å². The van der Waals surface area contributed by atoms with Gasteiger partial charge in [0.25, 0.3) is 10.0 Å². The van der Waals surface area contributed by atoms with Crippen LogP contribution in [0.4, 0.5) is 5.69 Å². The molecule has 1 atom stereocenters. The number of sulfonamides is 1. The summed E-state index contributed by atoms with van der Waals surface area (Å²) in [7, 11) is -2.56. The van der Waals surface area contributed by atoms with E-state index in [9.17, 15) is 18.0 Å². The molecule has 1 N–H and O–H groups in total. The number of hydrogen-bond acceptors (Lipinski definition) is 5. The number of methoxy groups -OCH3 is 1. The predicted octanol–water partition coefficient (Wildman–Crippen LogP) is 4.90. The third kappa shape index (κ3) is 7.83. The maximum Gasteiger partial charge on any atom is 0.264 e. The van der Waals surface area contributed by atoms with Crippen LogP contribution in [0.2, 0.25) is 0 Å². The molecule has 0 heterocycles. The number of carbonyl (C=O) groups excluding carboxylic acids is 2. The average Bonchev–Trinajstić information content (AvgIpc) is 2.90. The zero-order valence-electron chi connectivity index (χ0n) is 22.7. The molecule has 0 bridgehead atoms. The quantitative estimate of drug-likeness (QED) is 0.331. The van der Waals surface area contributed by atoms with Crippen molar-refractivity contribution in [2.24, 2.45) is 0 Å². The standard InChI is InChI=1S/C29H34BrN3O5S/c1-20(2)31-29(35)22(4)32(18-23-7-6-8-26(17-23)38-5)28(34)19-33(25-13-11-24(30)12-14-25)39(36,37)27-15-9-21(3)10-16-27/h6-17,20,22H,18-19H2,1-5H3,(H,31,35). The molecule has 0 saturated heterocycles. The van der Waals surface area contributed by atoms with Crippen LogP contribution in [0.25, 0.3) is 0 Å². The van der Waals surface area contributed by atoms with Crippen molar-refractivity contribution in [3.63, 3.8) is 0 Å². The highest BCUT2D eigenvalue weighted by Crippen LogP contribution is 2.26. The Balaban J connectivity index is 2.03. The van der Waals surface area contributed by atoms with Crippen molar-refractivity contribution in [2.45, 2.75) is 51.2 Å². The minimum atomic E-state index is -4.11. The van der Waals surface area contributed by atoms with Gasteiger partial charge in [-0.15, -0.1) is 0 Å². The summed E-state index contributed by atoms with van der Waals surface area (Å²) in [6.07, 6.45) is 0. The van der Waals surface area contributed by atoms with E-state index in [1.807, 2.05) is 26.8 Å². The first kappa shape index (κ1) is 30.2. The summed E-state index contributed by atoms with van der Waals surface area (Å²) in [4.78, 5) is 28.4. The number of anilines is 1. The molecule has 8 nitrogen and oxygen atoms in total. The number of carbonyl (C=O) groups is 2. The second kappa shape index (κ2) is 13.1. The monoisotopic (exact) mass is 615 g/mol. The fourth-order valence-corrected chi connectivity index (χ4v) is 5.61. The van der Waals surface area contributed by atoms with Crippen LogP contribution < -0.4 is 14.4 Å². The smallest absolute Gasteiger partial charge is 0.264 e. The molecule has 0 saturated carbocycles. The summed E-state index contributed by atoms with van der Waals surface area (Å²) in [5.74, 6) is -0.252. The first-order valence-electron chi connectivity index (χ1n) is 12.5. The van der Waals surface area contributed by atoms with Gasteiger partial charge in [0, 0.05) is 17.1 Å². The molecule has 3 aromatic rings. The summed E-state index contributed by atoms with van der Waals surface area (Å²) in [6, 6.07) is 19.3. The van der Waals surface area contributed by atoms with Crippen LogP contribution in [0.15, 0.2) is 82.2 Å². The van der Waals surface area contributed by atoms with Crippen molar-refractivity contribution in [2.75, 3.05) is 18.0 Å². The Morgan fingerprint density at radius 2 is 1.62 bits per heavy atom. The van der Waals surface area contributed by atoms with Crippen molar-refractivity contribution in [1.82, 2.24) is 10.2 Å². The maximum atomic E-state index is 13.9. The van der Waals surface area contributed by atoms with Gasteiger partial charge in [0.05, 0.1) is 17.7 Å². The van der Waals surface area contributed by atoms with E-state index < -0.39 is 28.5 Å². The lowest BCUT2D eigenvalue weighted by molar-refractivity contribution is -0.139. The van der Waals surface area contributed by atoms with Crippen LogP contribution in [-0.4, -0.2) is 50.9 Å². The van der Waals surface area contributed by atoms with Crippen LogP contribution >= 0.6 is 15.9 Å². The van der Waals surface area contributed by atoms with Gasteiger partial charge in [0.2, 0.25) is 11.8 Å². The van der Waals surface area contributed by atoms with E-state index >= 15 is 0 Å². The molecule has 0 aliphatic rings. The van der Waals surface area contributed by atoms with Gasteiger partial charge in [-0.05, 0) is 81.8 Å². The summed E-state index contributed by atoms with van der Waals surface area (Å²) >= 11 is 3.38. The van der Waals surface area contributed by atoms with Gasteiger partial charge in [-0.25, -0.2) is 8.42 Å². The highest BCUT2D eigenvalue weighted by Gasteiger charge is 2.32. The Hall–Kier alpha value is -3.37. The zero-order chi connectivity index (χ0) is 28.7. The fourth-order valence-electron chi connectivity index (χ4n) is 3.93. The highest BCUT2D eigenvalue weighted by atomic mass is 79.9. The number of halogens is 1. The minimum Gasteiger partial charge on any atom is -0.497 e. The van der Waals surface area contributed by atoms with Crippen LogP contribution in [0.5, 0.6) is 5.75 Å². The number of rotatable bonds is 11. The molecule has 0 aliphatic carbocycles. The SMILES string of the molecule is COc1cccc(CN(C(=O)CN(c2ccc(Br)cc2)S(=O)(=O)c2ccc(C)cc2)C(C)C(=O)NC(C)C)c1. The van der Waals surface area contributed by atoms with E-state index in [1.165, 1.54) is 17.0 Å². The predicted molar refractivity (Wildman–Crippen MR) is 156 cm³/mol. The maximum absolute atomic E-state index is 13.9. The topological polar surface area (TPSA) is 96.0 Å². The van der Waals surface area contributed by atoms with Crippen molar-refractivity contribution in [3.8, 4) is 5.75 Å². The summed E-state index contributed by atoms with van der Waals surface area (Å²) in [5, 5.41) is 2.84. The number of nitrogens with zero attached hydrogens (tertiary/aromatic N) is 2. The second-order valence-electron chi connectivity index (χ2n) is 9.51. The Kier molecular flexibility index (Phi) is 10.2. The molecule has 2 amide bonds. The van der Waals surface area contributed by atoms with Crippen LogP contribution in [-0.2, 0) is 26.2 Å². The molecule has 0 aromatic heterocycles. The van der Waals surface area contributed by atoms with E-state index in [-0.39, 0.29) is 23.4 Å². The average molecular weight is 617 g/mol. The Morgan fingerprint density at radius 1 is 0.974 bits per heavy atom. The normalized spacial score (nSPS) is 12.1. The number of hydrogen-bond donors (Lipinski definition) is 1. The molecule has 3 rings (SSSR count). The lowest BCUT2D eigenvalue weighted by atomic mass is 10.1. The lowest BCUT2D eigenvalue weighted by Crippen LogP contribution is -2.52. The first-order valence-corrected chi connectivity index (χ1v) is 14.7. The van der Waals surface area contributed by atoms with Crippen LogP contribution in [0.1, 0.15) is 31.9 Å². The highest BCUT2D eigenvalue weighted by molar-refractivity contribution is 9.10. The molecule has 0 spiro atoms. The number of nitrogens with one attached hydrogen (secondary N) is 1. The molecular formula is C29H34BrN3O5S. The largest absolute Gasteiger partial charge is 0.497 e. The number of benzene rings is 3. The van der Waals surface area contributed by atoms with E-state index in [4.69, 9.17) is 4.74 Å². The van der Waals surface area contributed by atoms with Crippen molar-refractivity contribution in [3.05, 3.63) is 88.4 Å². The van der Waals surface area contributed by atoms with Gasteiger partial charge in [-0.1, -0.05) is 45.8 Å². The summed E-state index contributed by atoms with van der Waals surface area (Å²) < 4.78 is 34.8. The Bertz CT molecular complexity index is 1390. The Labute approximate surface area is 239 Å². The van der Waals surface area contributed by atoms with Gasteiger partial charge >= 0.3 is 0 Å². The molecule has 10 heteroatoms. The number of amides is 2. The first-order chi connectivity index (χ1) is 18.4. The number of ether oxygens (including phenoxy) is 1. The fraction of sp³-hybridized carbons (Fsp3) is 0.310. The van der Waals surface area contributed by atoms with Gasteiger partial charge < -0.3 is 15.0 Å². The number of aryl methyl sites for hydroxylation is 1. The van der Waals surface area contributed by atoms with Gasteiger partial charge in [-0.2, -0.15) is 0 Å². The molecule has 3 aromatic carbocycles. The lowest BCUT2D eigenvalue weighted by Gasteiger charge is -2.32. The van der Waals surface area contributed by atoms with Gasteiger partial charge in [0.1, 0.15) is 18.3 Å².